The van der Waals surface area contributed by atoms with Gasteiger partial charge in [0.05, 0.1) is 17.7 Å². The Morgan fingerprint density at radius 2 is 2.06 bits per heavy atom. The van der Waals surface area contributed by atoms with E-state index in [1.807, 2.05) is 6.07 Å². The lowest BCUT2D eigenvalue weighted by molar-refractivity contribution is 0.330. The molecular weight excluding hydrogens is 240 g/mol. The molecule has 0 bridgehead atoms. The van der Waals surface area contributed by atoms with Gasteiger partial charge in [0.25, 0.3) is 0 Å². The van der Waals surface area contributed by atoms with E-state index in [-0.39, 0.29) is 10.8 Å². The predicted molar refractivity (Wildman–Crippen MR) is 60.5 cm³/mol. The molecule has 6 heteroatoms. The molecule has 1 unspecified atom stereocenters. The average molecular weight is 250 g/mol. The van der Waals surface area contributed by atoms with Crippen LogP contribution in [0.1, 0.15) is 12.8 Å². The number of nitrogens with zero attached hydrogens (tertiary/aromatic N) is 2. The molecule has 5 nitrogen and oxygen atoms in total. The van der Waals surface area contributed by atoms with Gasteiger partial charge in [-0.3, -0.25) is 4.28 Å². The van der Waals surface area contributed by atoms with Gasteiger partial charge in [-0.25, -0.2) is 0 Å². The van der Waals surface area contributed by atoms with Crippen LogP contribution in [0.15, 0.2) is 40.4 Å². The molecule has 0 amide bonds. The van der Waals surface area contributed by atoms with Crippen LogP contribution in [0.4, 0.5) is 0 Å². The molecule has 1 atom stereocenters. The SMILES string of the molecule is N#CC1CC/C1=N/OS(=O)(=O)c1ccccc1. The molecule has 0 aliphatic heterocycles. The Morgan fingerprint density at radius 1 is 1.35 bits per heavy atom. The van der Waals surface area contributed by atoms with Crippen LogP contribution < -0.4 is 0 Å². The van der Waals surface area contributed by atoms with Crippen LogP contribution in [0.5, 0.6) is 0 Å². The van der Waals surface area contributed by atoms with Crippen LogP contribution in [-0.2, 0) is 14.4 Å². The molecule has 2 rings (SSSR count). The van der Waals surface area contributed by atoms with Crippen LogP contribution in [0, 0.1) is 17.2 Å². The monoisotopic (exact) mass is 250 g/mol. The normalized spacial score (nSPS) is 21.6. The molecule has 0 saturated heterocycles. The lowest BCUT2D eigenvalue weighted by Gasteiger charge is -2.20. The average Bonchev–Trinajstić information content (AvgIpc) is 2.29. The van der Waals surface area contributed by atoms with E-state index < -0.39 is 10.1 Å². The predicted octanol–water partition coefficient (Wildman–Crippen LogP) is 1.68. The second-order valence-corrected chi connectivity index (χ2v) is 5.17. The molecule has 1 aromatic rings. The van der Waals surface area contributed by atoms with Crippen LogP contribution in [0.3, 0.4) is 0 Å². The van der Waals surface area contributed by atoms with Crippen LogP contribution in [-0.4, -0.2) is 14.1 Å². The van der Waals surface area contributed by atoms with Gasteiger partial charge in [-0.2, -0.15) is 13.7 Å². The third-order valence-corrected chi connectivity index (χ3v) is 3.65. The molecule has 0 heterocycles. The van der Waals surface area contributed by atoms with Crippen molar-refractivity contribution in [1.29, 1.82) is 5.26 Å². The number of oxime groups is 1. The summed E-state index contributed by atoms with van der Waals surface area (Å²) >= 11 is 0. The van der Waals surface area contributed by atoms with E-state index in [1.165, 1.54) is 12.1 Å². The van der Waals surface area contributed by atoms with E-state index in [4.69, 9.17) is 5.26 Å². The lowest BCUT2D eigenvalue weighted by Crippen LogP contribution is -2.25. The summed E-state index contributed by atoms with van der Waals surface area (Å²) in [5.41, 5.74) is 0.493. The first-order valence-electron chi connectivity index (χ1n) is 5.08. The van der Waals surface area contributed by atoms with E-state index in [0.717, 1.165) is 0 Å². The number of hydrogen-bond acceptors (Lipinski definition) is 5. The van der Waals surface area contributed by atoms with Crippen LogP contribution >= 0.6 is 0 Å². The van der Waals surface area contributed by atoms with E-state index in [0.29, 0.717) is 18.6 Å². The highest BCUT2D eigenvalue weighted by Crippen LogP contribution is 2.24. The van der Waals surface area contributed by atoms with Crippen molar-refractivity contribution in [2.45, 2.75) is 17.7 Å². The first-order valence-corrected chi connectivity index (χ1v) is 6.49. The maximum atomic E-state index is 11.7. The number of hydrogen-bond donors (Lipinski definition) is 0. The van der Waals surface area contributed by atoms with Gasteiger partial charge in [0.1, 0.15) is 4.90 Å². The molecule has 1 aromatic carbocycles. The third kappa shape index (κ3) is 2.45. The maximum Gasteiger partial charge on any atom is 0.358 e. The molecule has 17 heavy (non-hydrogen) atoms. The van der Waals surface area contributed by atoms with Crippen molar-refractivity contribution in [3.8, 4) is 6.07 Å². The zero-order valence-corrected chi connectivity index (χ0v) is 9.72. The Labute approximate surface area is 99.4 Å². The third-order valence-electron chi connectivity index (χ3n) is 2.53. The van der Waals surface area contributed by atoms with Crippen molar-refractivity contribution in [2.75, 3.05) is 0 Å². The molecule has 1 saturated carbocycles. The lowest BCUT2D eigenvalue weighted by atomic mass is 9.84. The first-order chi connectivity index (χ1) is 8.13. The fourth-order valence-corrected chi connectivity index (χ4v) is 2.16. The summed E-state index contributed by atoms with van der Waals surface area (Å²) in [6.07, 6.45) is 1.33. The minimum atomic E-state index is -3.86. The van der Waals surface area contributed by atoms with Crippen molar-refractivity contribution in [3.63, 3.8) is 0 Å². The van der Waals surface area contributed by atoms with Gasteiger partial charge in [-0.05, 0) is 25.0 Å². The molecule has 0 spiro atoms. The minimum absolute atomic E-state index is 0.0529. The van der Waals surface area contributed by atoms with Gasteiger partial charge in [0.2, 0.25) is 0 Å². The van der Waals surface area contributed by atoms with Gasteiger partial charge < -0.3 is 0 Å². The van der Waals surface area contributed by atoms with Crippen molar-refractivity contribution in [3.05, 3.63) is 30.3 Å². The zero-order valence-electron chi connectivity index (χ0n) is 8.91. The summed E-state index contributed by atoms with van der Waals surface area (Å²) in [5, 5.41) is 12.2. The largest absolute Gasteiger partial charge is 0.358 e. The molecule has 1 aliphatic carbocycles. The second kappa shape index (κ2) is 4.55. The fraction of sp³-hybridized carbons (Fsp3) is 0.273. The van der Waals surface area contributed by atoms with Crippen molar-refractivity contribution in [1.82, 2.24) is 0 Å². The highest BCUT2D eigenvalue weighted by Gasteiger charge is 2.27. The van der Waals surface area contributed by atoms with Gasteiger partial charge in [-0.1, -0.05) is 23.4 Å². The molecule has 0 N–H and O–H groups in total. The van der Waals surface area contributed by atoms with E-state index in [2.05, 4.69) is 9.44 Å². The molecular formula is C11H10N2O3S. The van der Waals surface area contributed by atoms with Gasteiger partial charge in [0, 0.05) is 0 Å². The van der Waals surface area contributed by atoms with Crippen molar-refractivity contribution < 1.29 is 12.7 Å². The summed E-state index contributed by atoms with van der Waals surface area (Å²) in [6, 6.07) is 9.79. The summed E-state index contributed by atoms with van der Waals surface area (Å²) in [5.74, 6) is -0.305. The number of benzene rings is 1. The van der Waals surface area contributed by atoms with Crippen molar-refractivity contribution in [2.24, 2.45) is 11.1 Å². The minimum Gasteiger partial charge on any atom is -0.265 e. The van der Waals surface area contributed by atoms with Crippen molar-refractivity contribution >= 4 is 15.8 Å². The smallest absolute Gasteiger partial charge is 0.265 e. The Balaban J connectivity index is 2.12. The summed E-state index contributed by atoms with van der Waals surface area (Å²) in [6.45, 7) is 0. The summed E-state index contributed by atoms with van der Waals surface area (Å²) < 4.78 is 27.9. The molecule has 0 aromatic heterocycles. The van der Waals surface area contributed by atoms with E-state index >= 15 is 0 Å². The summed E-state index contributed by atoms with van der Waals surface area (Å²) in [4.78, 5) is 0.0529. The quantitative estimate of drug-likeness (QED) is 0.764. The Morgan fingerprint density at radius 3 is 2.59 bits per heavy atom. The fourth-order valence-electron chi connectivity index (χ4n) is 1.39. The van der Waals surface area contributed by atoms with Gasteiger partial charge in [-0.15, -0.1) is 0 Å². The molecule has 0 radical (unpaired) electrons. The van der Waals surface area contributed by atoms with E-state index in [1.54, 1.807) is 18.2 Å². The Hall–Kier alpha value is -1.87. The highest BCUT2D eigenvalue weighted by atomic mass is 32.2. The standard InChI is InChI=1S/C11H10N2O3S/c12-8-9-6-7-11(9)13-16-17(14,15)10-4-2-1-3-5-10/h1-5,9H,6-7H2/b13-11-. The summed E-state index contributed by atoms with van der Waals surface area (Å²) in [7, 11) is -3.86. The maximum absolute atomic E-state index is 11.7. The Bertz CT molecular complexity index is 572. The molecule has 1 fully saturated rings. The van der Waals surface area contributed by atoms with Crippen LogP contribution in [0.25, 0.3) is 0 Å². The topological polar surface area (TPSA) is 79.5 Å². The molecule has 1 aliphatic rings. The Kier molecular flexibility index (Phi) is 3.11. The number of rotatable bonds is 3. The highest BCUT2D eigenvalue weighted by molar-refractivity contribution is 7.86. The van der Waals surface area contributed by atoms with Gasteiger partial charge >= 0.3 is 10.1 Å². The number of nitriles is 1. The van der Waals surface area contributed by atoms with E-state index in [9.17, 15) is 8.42 Å². The second-order valence-electron chi connectivity index (χ2n) is 3.64. The molecule has 88 valence electrons. The van der Waals surface area contributed by atoms with Crippen LogP contribution in [0.2, 0.25) is 0 Å². The van der Waals surface area contributed by atoms with Gasteiger partial charge in [0.15, 0.2) is 0 Å². The first kappa shape index (κ1) is 11.6. The zero-order chi connectivity index (χ0) is 12.3.